The summed E-state index contributed by atoms with van der Waals surface area (Å²) in [5, 5.41) is 1.83. The predicted octanol–water partition coefficient (Wildman–Crippen LogP) is 5.47. The van der Waals surface area contributed by atoms with Gasteiger partial charge >= 0.3 is 0 Å². The van der Waals surface area contributed by atoms with Crippen molar-refractivity contribution in [1.29, 1.82) is 0 Å². The zero-order valence-electron chi connectivity index (χ0n) is 16.5. The van der Waals surface area contributed by atoms with E-state index in [9.17, 15) is 8.78 Å². The summed E-state index contributed by atoms with van der Waals surface area (Å²) in [7, 11) is 0. The first kappa shape index (κ1) is 19.7. The van der Waals surface area contributed by atoms with Crippen LogP contribution in [0.2, 0.25) is 5.02 Å². The summed E-state index contributed by atoms with van der Waals surface area (Å²) in [6.45, 7) is 2.20. The fraction of sp³-hybridized carbons (Fsp3) is 0.455. The standard InChI is InChI=1S/C22H23ClF2N4O/c23-14-3-4-17-16(11-14)15-6-8-29(22-26-7-5-18(28-22)21(24)25)19(20(15)27-17)10-13-2-1-9-30-12-13/h3-5,7,11,13,19,21,27H,1-2,6,8-10,12H2/t13-,19-/m0/s1. The molecule has 0 amide bonds. The Kier molecular flexibility index (Phi) is 5.33. The third-order valence-corrected chi connectivity index (χ3v) is 6.40. The SMILES string of the molecule is FC(F)c1ccnc(N2CCc3c([nH]c4ccc(Cl)cc34)[C@@H]2C[C@@H]2CCCOC2)n1. The summed E-state index contributed by atoms with van der Waals surface area (Å²) in [5.74, 6) is 0.766. The van der Waals surface area contributed by atoms with E-state index in [1.54, 1.807) is 0 Å². The number of hydrogen-bond acceptors (Lipinski definition) is 4. The first-order chi connectivity index (χ1) is 14.6. The van der Waals surface area contributed by atoms with Crippen LogP contribution in [0.15, 0.2) is 30.5 Å². The van der Waals surface area contributed by atoms with E-state index in [0.717, 1.165) is 55.5 Å². The van der Waals surface area contributed by atoms with Crippen molar-refractivity contribution in [2.24, 2.45) is 5.92 Å². The van der Waals surface area contributed by atoms with Crippen LogP contribution in [-0.4, -0.2) is 34.7 Å². The van der Waals surface area contributed by atoms with Crippen LogP contribution in [0.5, 0.6) is 0 Å². The Labute approximate surface area is 178 Å². The van der Waals surface area contributed by atoms with Crippen molar-refractivity contribution < 1.29 is 13.5 Å². The number of rotatable bonds is 4. The highest BCUT2D eigenvalue weighted by molar-refractivity contribution is 6.31. The molecule has 1 aromatic carbocycles. The maximum absolute atomic E-state index is 13.3. The number of alkyl halides is 2. The molecule has 1 fully saturated rings. The van der Waals surface area contributed by atoms with E-state index in [1.807, 2.05) is 18.2 Å². The smallest absolute Gasteiger partial charge is 0.280 e. The van der Waals surface area contributed by atoms with Gasteiger partial charge in [0.1, 0.15) is 5.69 Å². The lowest BCUT2D eigenvalue weighted by molar-refractivity contribution is 0.0483. The lowest BCUT2D eigenvalue weighted by Gasteiger charge is -2.38. The summed E-state index contributed by atoms with van der Waals surface area (Å²) in [6, 6.07) is 7.12. The highest BCUT2D eigenvalue weighted by atomic mass is 35.5. The van der Waals surface area contributed by atoms with E-state index in [4.69, 9.17) is 16.3 Å². The number of fused-ring (bicyclic) bond motifs is 3. The van der Waals surface area contributed by atoms with Crippen LogP contribution in [-0.2, 0) is 11.2 Å². The lowest BCUT2D eigenvalue weighted by Crippen LogP contribution is -2.38. The highest BCUT2D eigenvalue weighted by Gasteiger charge is 2.34. The van der Waals surface area contributed by atoms with Crippen molar-refractivity contribution in [3.05, 3.63) is 52.4 Å². The number of nitrogens with one attached hydrogen (secondary N) is 1. The molecule has 2 aromatic heterocycles. The van der Waals surface area contributed by atoms with E-state index in [2.05, 4.69) is 19.9 Å². The molecular weight excluding hydrogens is 410 g/mol. The molecule has 2 aliphatic heterocycles. The average Bonchev–Trinajstić information content (AvgIpc) is 3.13. The second-order valence-electron chi connectivity index (χ2n) is 8.07. The minimum Gasteiger partial charge on any atom is -0.381 e. The topological polar surface area (TPSA) is 54.0 Å². The summed E-state index contributed by atoms with van der Waals surface area (Å²) in [6.07, 6.45) is 2.58. The van der Waals surface area contributed by atoms with Crippen LogP contribution in [0.3, 0.4) is 0 Å². The van der Waals surface area contributed by atoms with Crippen LogP contribution < -0.4 is 4.90 Å². The number of H-pyrrole nitrogens is 1. The number of benzene rings is 1. The number of aromatic amines is 1. The Morgan fingerprint density at radius 1 is 1.30 bits per heavy atom. The van der Waals surface area contributed by atoms with E-state index >= 15 is 0 Å². The van der Waals surface area contributed by atoms with Crippen molar-refractivity contribution in [2.45, 2.75) is 38.2 Å². The molecule has 1 N–H and O–H groups in total. The molecule has 0 unspecified atom stereocenters. The number of nitrogens with zero attached hydrogens (tertiary/aromatic N) is 3. The third-order valence-electron chi connectivity index (χ3n) is 6.17. The molecule has 0 radical (unpaired) electrons. The van der Waals surface area contributed by atoms with Crippen LogP contribution in [0, 0.1) is 5.92 Å². The zero-order chi connectivity index (χ0) is 20.7. The predicted molar refractivity (Wildman–Crippen MR) is 112 cm³/mol. The van der Waals surface area contributed by atoms with Gasteiger partial charge in [0.2, 0.25) is 5.95 Å². The summed E-state index contributed by atoms with van der Waals surface area (Å²) >= 11 is 6.25. The van der Waals surface area contributed by atoms with Crippen molar-refractivity contribution in [1.82, 2.24) is 15.0 Å². The number of anilines is 1. The number of hydrogen-bond donors (Lipinski definition) is 1. The molecule has 2 atom stereocenters. The number of aromatic nitrogens is 3. The van der Waals surface area contributed by atoms with Gasteiger partial charge in [0, 0.05) is 47.6 Å². The maximum atomic E-state index is 13.3. The molecule has 5 rings (SSSR count). The average molecular weight is 433 g/mol. The van der Waals surface area contributed by atoms with E-state index < -0.39 is 6.43 Å². The molecule has 30 heavy (non-hydrogen) atoms. The Morgan fingerprint density at radius 3 is 3.00 bits per heavy atom. The van der Waals surface area contributed by atoms with Gasteiger partial charge < -0.3 is 14.6 Å². The van der Waals surface area contributed by atoms with Gasteiger partial charge in [-0.15, -0.1) is 0 Å². The van der Waals surface area contributed by atoms with Gasteiger partial charge in [-0.05, 0) is 61.4 Å². The first-order valence-corrected chi connectivity index (χ1v) is 10.7. The molecular formula is C22H23ClF2N4O. The number of halogens is 3. The van der Waals surface area contributed by atoms with Crippen molar-refractivity contribution in [2.75, 3.05) is 24.7 Å². The molecule has 158 valence electrons. The van der Waals surface area contributed by atoms with Gasteiger partial charge in [-0.2, -0.15) is 0 Å². The Morgan fingerprint density at radius 2 is 2.20 bits per heavy atom. The molecule has 0 bridgehead atoms. The monoisotopic (exact) mass is 432 g/mol. The molecule has 0 saturated carbocycles. The maximum Gasteiger partial charge on any atom is 0.280 e. The van der Waals surface area contributed by atoms with Gasteiger partial charge in [-0.3, -0.25) is 0 Å². The van der Waals surface area contributed by atoms with Crippen LogP contribution in [0.1, 0.15) is 48.7 Å². The first-order valence-electron chi connectivity index (χ1n) is 10.4. The summed E-state index contributed by atoms with van der Waals surface area (Å²) in [4.78, 5) is 14.2. The zero-order valence-corrected chi connectivity index (χ0v) is 17.2. The molecule has 1 saturated heterocycles. The normalized spacial score (nSPS) is 21.9. The van der Waals surface area contributed by atoms with Gasteiger partial charge in [0.25, 0.3) is 6.43 Å². The van der Waals surface area contributed by atoms with E-state index in [1.165, 1.54) is 17.8 Å². The Hall–Kier alpha value is -2.25. The van der Waals surface area contributed by atoms with Crippen LogP contribution in [0.25, 0.3) is 10.9 Å². The molecule has 5 nitrogen and oxygen atoms in total. The minimum atomic E-state index is -2.62. The third kappa shape index (κ3) is 3.65. The molecule has 2 aliphatic rings. The molecule has 3 aromatic rings. The minimum absolute atomic E-state index is 0.0282. The highest BCUT2D eigenvalue weighted by Crippen LogP contribution is 2.41. The van der Waals surface area contributed by atoms with Gasteiger partial charge in [0.15, 0.2) is 0 Å². The van der Waals surface area contributed by atoms with E-state index in [-0.39, 0.29) is 11.7 Å². The van der Waals surface area contributed by atoms with Crippen molar-refractivity contribution in [3.63, 3.8) is 0 Å². The number of ether oxygens (including phenoxy) is 1. The van der Waals surface area contributed by atoms with Crippen LogP contribution >= 0.6 is 11.6 Å². The quantitative estimate of drug-likeness (QED) is 0.594. The van der Waals surface area contributed by atoms with E-state index in [0.29, 0.717) is 23.4 Å². The summed E-state index contributed by atoms with van der Waals surface area (Å²) < 4.78 is 32.2. The fourth-order valence-electron chi connectivity index (χ4n) is 4.75. The van der Waals surface area contributed by atoms with Crippen molar-refractivity contribution in [3.8, 4) is 0 Å². The van der Waals surface area contributed by atoms with Gasteiger partial charge in [-0.1, -0.05) is 11.6 Å². The summed E-state index contributed by atoms with van der Waals surface area (Å²) in [5.41, 5.74) is 3.15. The molecule has 0 aliphatic carbocycles. The Balaban J connectivity index is 1.57. The van der Waals surface area contributed by atoms with Crippen molar-refractivity contribution >= 4 is 28.5 Å². The lowest BCUT2D eigenvalue weighted by atomic mass is 9.88. The molecule has 8 heteroatoms. The molecule has 4 heterocycles. The van der Waals surface area contributed by atoms with Gasteiger partial charge in [0.05, 0.1) is 6.04 Å². The second kappa shape index (κ2) is 8.12. The van der Waals surface area contributed by atoms with Crippen LogP contribution in [0.4, 0.5) is 14.7 Å². The Bertz CT molecular complexity index is 1050. The largest absolute Gasteiger partial charge is 0.381 e. The molecule has 0 spiro atoms. The second-order valence-corrected chi connectivity index (χ2v) is 8.50. The fourth-order valence-corrected chi connectivity index (χ4v) is 4.93. The van der Waals surface area contributed by atoms with Gasteiger partial charge in [-0.25, -0.2) is 18.7 Å².